The van der Waals surface area contributed by atoms with Crippen LogP contribution in [0.5, 0.6) is 5.75 Å². The van der Waals surface area contributed by atoms with Gasteiger partial charge in [0, 0.05) is 5.69 Å². The molecule has 0 aliphatic heterocycles. The highest BCUT2D eigenvalue weighted by Gasteiger charge is 2.21. The van der Waals surface area contributed by atoms with Crippen molar-refractivity contribution >= 4 is 40.8 Å². The first-order valence-electron chi connectivity index (χ1n) is 7.60. The van der Waals surface area contributed by atoms with Crippen molar-refractivity contribution in [2.24, 2.45) is 0 Å². The summed E-state index contributed by atoms with van der Waals surface area (Å²) in [4.78, 5) is 25.7. The number of amides is 1. The van der Waals surface area contributed by atoms with Gasteiger partial charge in [-0.25, -0.2) is 0 Å². The number of hydrogen-bond donors (Lipinski definition) is 0. The first-order valence-corrected chi connectivity index (χ1v) is 8.36. The van der Waals surface area contributed by atoms with Gasteiger partial charge in [0.1, 0.15) is 6.54 Å². The molecule has 0 aromatic heterocycles. The van der Waals surface area contributed by atoms with Gasteiger partial charge in [0.25, 0.3) is 5.91 Å². The molecule has 132 valence electrons. The number of halogens is 2. The molecular weight excluding hydrogens is 365 g/mol. The minimum Gasteiger partial charge on any atom is -0.481 e. The predicted octanol–water partition coefficient (Wildman–Crippen LogP) is 3.97. The molecule has 2 aromatic carbocycles. The molecule has 0 saturated carbocycles. The van der Waals surface area contributed by atoms with Gasteiger partial charge in [0.15, 0.2) is 12.4 Å². The molecule has 0 unspecified atom stereocenters. The molecule has 0 atom stereocenters. The fourth-order valence-electron chi connectivity index (χ4n) is 2.10. The van der Waals surface area contributed by atoms with Crippen LogP contribution in [0.3, 0.4) is 0 Å². The molecule has 0 heterocycles. The maximum absolute atomic E-state index is 12.6. The van der Waals surface area contributed by atoms with Gasteiger partial charge in [-0.1, -0.05) is 47.5 Å². The maximum atomic E-state index is 12.6. The van der Waals surface area contributed by atoms with Gasteiger partial charge in [0.2, 0.25) is 0 Å². The fourth-order valence-corrected chi connectivity index (χ4v) is 2.61. The number of para-hydroxylation sites is 2. The Bertz CT molecular complexity index is 717. The second kappa shape index (κ2) is 9.30. The van der Waals surface area contributed by atoms with Crippen LogP contribution in [0.1, 0.15) is 6.92 Å². The topological polar surface area (TPSA) is 55.8 Å². The molecule has 2 aromatic rings. The lowest BCUT2D eigenvalue weighted by Crippen LogP contribution is -2.39. The van der Waals surface area contributed by atoms with Crippen molar-refractivity contribution in [3.8, 4) is 5.75 Å². The normalized spacial score (nSPS) is 10.2. The lowest BCUT2D eigenvalue weighted by Gasteiger charge is -2.22. The van der Waals surface area contributed by atoms with E-state index >= 15 is 0 Å². The van der Waals surface area contributed by atoms with Crippen molar-refractivity contribution in [1.82, 2.24) is 0 Å². The number of rotatable bonds is 7. The highest BCUT2D eigenvalue weighted by Crippen LogP contribution is 2.32. The molecule has 0 aliphatic rings. The van der Waals surface area contributed by atoms with Gasteiger partial charge in [-0.05, 0) is 31.2 Å². The molecule has 0 bridgehead atoms. The van der Waals surface area contributed by atoms with Crippen LogP contribution < -0.4 is 9.64 Å². The smallest absolute Gasteiger partial charge is 0.326 e. The Morgan fingerprint density at radius 1 is 1.00 bits per heavy atom. The van der Waals surface area contributed by atoms with Crippen molar-refractivity contribution in [3.63, 3.8) is 0 Å². The maximum Gasteiger partial charge on any atom is 0.326 e. The van der Waals surface area contributed by atoms with E-state index in [9.17, 15) is 9.59 Å². The first kappa shape index (κ1) is 19.1. The van der Waals surface area contributed by atoms with Crippen LogP contribution in [0, 0.1) is 0 Å². The third kappa shape index (κ3) is 5.37. The zero-order valence-electron chi connectivity index (χ0n) is 13.6. The summed E-state index contributed by atoms with van der Waals surface area (Å²) in [6.45, 7) is 1.41. The summed E-state index contributed by atoms with van der Waals surface area (Å²) in [5.41, 5.74) is 0.564. The minimum absolute atomic E-state index is 0.212. The number of carbonyl (C=O) groups is 2. The molecule has 1 amide bonds. The van der Waals surface area contributed by atoms with Crippen LogP contribution in [-0.4, -0.2) is 31.6 Å². The van der Waals surface area contributed by atoms with E-state index in [-0.39, 0.29) is 25.5 Å². The Kier molecular flexibility index (Phi) is 7.10. The molecule has 25 heavy (non-hydrogen) atoms. The van der Waals surface area contributed by atoms with Crippen molar-refractivity contribution in [2.45, 2.75) is 6.92 Å². The Hall–Kier alpha value is -2.24. The SMILES string of the molecule is CCOC(=O)CN(C(=O)COc1c(Cl)cccc1Cl)c1ccccc1. The number of benzene rings is 2. The lowest BCUT2D eigenvalue weighted by molar-refractivity contribution is -0.142. The number of nitrogens with zero attached hydrogens (tertiary/aromatic N) is 1. The molecule has 2 rings (SSSR count). The van der Waals surface area contributed by atoms with Crippen molar-refractivity contribution in [3.05, 3.63) is 58.6 Å². The summed E-state index contributed by atoms with van der Waals surface area (Å²) in [6.07, 6.45) is 0. The van der Waals surface area contributed by atoms with Crippen molar-refractivity contribution in [2.75, 3.05) is 24.7 Å². The summed E-state index contributed by atoms with van der Waals surface area (Å²) in [6, 6.07) is 13.7. The van der Waals surface area contributed by atoms with Crippen LogP contribution in [0.2, 0.25) is 10.0 Å². The Labute approximate surface area is 156 Å². The van der Waals surface area contributed by atoms with Gasteiger partial charge >= 0.3 is 5.97 Å². The van der Waals surface area contributed by atoms with E-state index in [2.05, 4.69) is 0 Å². The van der Waals surface area contributed by atoms with E-state index in [1.54, 1.807) is 49.4 Å². The highest BCUT2D eigenvalue weighted by molar-refractivity contribution is 6.37. The summed E-state index contributed by atoms with van der Waals surface area (Å²) in [5.74, 6) is -0.700. The molecule has 0 aliphatic carbocycles. The average molecular weight is 382 g/mol. The van der Waals surface area contributed by atoms with Gasteiger partial charge in [-0.2, -0.15) is 0 Å². The quantitative estimate of drug-likeness (QED) is 0.680. The van der Waals surface area contributed by atoms with E-state index in [1.807, 2.05) is 6.07 Å². The van der Waals surface area contributed by atoms with E-state index in [0.29, 0.717) is 15.7 Å². The monoisotopic (exact) mass is 381 g/mol. The van der Waals surface area contributed by atoms with Crippen molar-refractivity contribution < 1.29 is 19.1 Å². The second-order valence-corrected chi connectivity index (χ2v) is 5.77. The lowest BCUT2D eigenvalue weighted by atomic mass is 10.3. The van der Waals surface area contributed by atoms with Crippen LogP contribution in [0.4, 0.5) is 5.69 Å². The molecular formula is C18H17Cl2NO4. The van der Waals surface area contributed by atoms with Gasteiger partial charge in [-0.3, -0.25) is 14.5 Å². The van der Waals surface area contributed by atoms with Crippen LogP contribution in [-0.2, 0) is 14.3 Å². The standard InChI is InChI=1S/C18H17Cl2NO4/c1-2-24-17(23)11-21(13-7-4-3-5-8-13)16(22)12-25-18-14(19)9-6-10-15(18)20/h3-10H,2,11-12H2,1H3. The number of anilines is 1. The third-order valence-corrected chi connectivity index (χ3v) is 3.82. The molecule has 0 N–H and O–H groups in total. The van der Waals surface area contributed by atoms with Crippen LogP contribution >= 0.6 is 23.2 Å². The predicted molar refractivity (Wildman–Crippen MR) is 97.4 cm³/mol. The molecule has 7 heteroatoms. The third-order valence-electron chi connectivity index (χ3n) is 3.22. The summed E-state index contributed by atoms with van der Waals surface area (Å²) < 4.78 is 10.4. The fraction of sp³-hybridized carbons (Fsp3) is 0.222. The van der Waals surface area contributed by atoms with E-state index in [0.717, 1.165) is 0 Å². The van der Waals surface area contributed by atoms with Crippen LogP contribution in [0.15, 0.2) is 48.5 Å². The van der Waals surface area contributed by atoms with E-state index in [4.69, 9.17) is 32.7 Å². The highest BCUT2D eigenvalue weighted by atomic mass is 35.5. The van der Waals surface area contributed by atoms with Gasteiger partial charge in [0.05, 0.1) is 16.7 Å². The van der Waals surface area contributed by atoms with E-state index < -0.39 is 11.9 Å². The molecule has 5 nitrogen and oxygen atoms in total. The summed E-state index contributed by atoms with van der Waals surface area (Å²) in [5, 5.41) is 0.605. The largest absolute Gasteiger partial charge is 0.481 e. The molecule has 0 radical (unpaired) electrons. The van der Waals surface area contributed by atoms with Gasteiger partial charge in [-0.15, -0.1) is 0 Å². The van der Waals surface area contributed by atoms with Crippen molar-refractivity contribution in [1.29, 1.82) is 0 Å². The van der Waals surface area contributed by atoms with Gasteiger partial charge < -0.3 is 9.47 Å². The number of hydrogen-bond acceptors (Lipinski definition) is 4. The number of esters is 1. The Morgan fingerprint density at radius 3 is 2.24 bits per heavy atom. The number of ether oxygens (including phenoxy) is 2. The Balaban J connectivity index is 2.13. The minimum atomic E-state index is -0.504. The molecule has 0 spiro atoms. The first-order chi connectivity index (χ1) is 12.0. The zero-order valence-corrected chi connectivity index (χ0v) is 15.1. The molecule has 0 fully saturated rings. The second-order valence-electron chi connectivity index (χ2n) is 4.96. The zero-order chi connectivity index (χ0) is 18.2. The van der Waals surface area contributed by atoms with Crippen LogP contribution in [0.25, 0.3) is 0 Å². The summed E-state index contributed by atoms with van der Waals surface area (Å²) in [7, 11) is 0. The number of carbonyl (C=O) groups excluding carboxylic acids is 2. The average Bonchev–Trinajstić information content (AvgIpc) is 2.60. The molecule has 0 saturated heterocycles. The summed E-state index contributed by atoms with van der Waals surface area (Å²) >= 11 is 12.1. The Morgan fingerprint density at radius 2 is 1.64 bits per heavy atom. The van der Waals surface area contributed by atoms with E-state index in [1.165, 1.54) is 4.90 Å².